The summed E-state index contributed by atoms with van der Waals surface area (Å²) < 4.78 is 0. The Hall–Kier alpha value is -1.39. The van der Waals surface area contributed by atoms with Crippen molar-refractivity contribution in [2.75, 3.05) is 6.54 Å². The Balaban J connectivity index is 2.63. The summed E-state index contributed by atoms with van der Waals surface area (Å²) in [5.41, 5.74) is 0. The monoisotopic (exact) mass is 254 g/mol. The number of hydrogen-bond acceptors (Lipinski definition) is 3. The molecule has 5 heteroatoms. The smallest absolute Gasteiger partial charge is 0.245 e. The number of rotatable bonds is 4. The van der Waals surface area contributed by atoms with Gasteiger partial charge >= 0.3 is 0 Å². The van der Waals surface area contributed by atoms with Crippen LogP contribution in [0, 0.1) is 5.92 Å². The fraction of sp³-hybridized carbons (Fsp3) is 0.769. The Morgan fingerprint density at radius 3 is 2.33 bits per heavy atom. The Kier molecular flexibility index (Phi) is 4.87. The Labute approximate surface area is 108 Å². The Morgan fingerprint density at radius 2 is 1.83 bits per heavy atom. The first-order valence-electron chi connectivity index (χ1n) is 6.46. The minimum absolute atomic E-state index is 0.0169. The Morgan fingerprint density at radius 1 is 1.22 bits per heavy atom. The summed E-state index contributed by atoms with van der Waals surface area (Å²) in [5.74, 6) is -0.443. The van der Waals surface area contributed by atoms with E-state index in [9.17, 15) is 14.4 Å². The van der Waals surface area contributed by atoms with E-state index in [1.54, 1.807) is 25.7 Å². The molecule has 0 aromatic carbocycles. The number of carbonyl (C=O) groups excluding carboxylic acids is 3. The third-order valence-corrected chi connectivity index (χ3v) is 3.26. The fourth-order valence-electron chi connectivity index (χ4n) is 2.14. The molecule has 0 spiro atoms. The number of carbonyl (C=O) groups is 3. The van der Waals surface area contributed by atoms with Crippen molar-refractivity contribution >= 4 is 17.6 Å². The molecule has 0 radical (unpaired) electrons. The van der Waals surface area contributed by atoms with Gasteiger partial charge < -0.3 is 10.2 Å². The molecule has 0 bridgehead atoms. The van der Waals surface area contributed by atoms with E-state index in [-0.39, 0.29) is 29.6 Å². The molecule has 1 heterocycles. The van der Waals surface area contributed by atoms with E-state index >= 15 is 0 Å². The van der Waals surface area contributed by atoms with Gasteiger partial charge in [-0.3, -0.25) is 14.4 Å². The van der Waals surface area contributed by atoms with Crippen LogP contribution >= 0.6 is 0 Å². The third-order valence-electron chi connectivity index (χ3n) is 3.26. The number of Topliss-reactive ketones (excluding diaryl/α,β-unsaturated/α-hetero) is 1. The average molecular weight is 254 g/mol. The first kappa shape index (κ1) is 14.7. The molecule has 1 fully saturated rings. The molecule has 1 rings (SSSR count). The molecule has 1 saturated heterocycles. The molecule has 0 unspecified atom stereocenters. The van der Waals surface area contributed by atoms with Crippen LogP contribution in [-0.4, -0.2) is 41.1 Å². The van der Waals surface area contributed by atoms with Gasteiger partial charge in [0.05, 0.1) is 6.04 Å². The average Bonchev–Trinajstić information content (AvgIpc) is 2.76. The highest BCUT2D eigenvalue weighted by Crippen LogP contribution is 2.19. The second-order valence-electron chi connectivity index (χ2n) is 5.19. The fourth-order valence-corrected chi connectivity index (χ4v) is 2.14. The number of ketones is 1. The van der Waals surface area contributed by atoms with Gasteiger partial charge in [-0.2, -0.15) is 0 Å². The lowest BCUT2D eigenvalue weighted by Gasteiger charge is -2.26. The van der Waals surface area contributed by atoms with Crippen LogP contribution in [0.25, 0.3) is 0 Å². The van der Waals surface area contributed by atoms with Gasteiger partial charge in [0.1, 0.15) is 6.04 Å². The molecule has 102 valence electrons. The summed E-state index contributed by atoms with van der Waals surface area (Å²) in [7, 11) is 0. The molecule has 18 heavy (non-hydrogen) atoms. The number of nitrogens with one attached hydrogen (secondary N) is 1. The van der Waals surface area contributed by atoms with Crippen LogP contribution in [0.15, 0.2) is 0 Å². The van der Waals surface area contributed by atoms with Crippen molar-refractivity contribution in [3.8, 4) is 0 Å². The zero-order valence-electron chi connectivity index (χ0n) is 11.5. The standard InChI is InChI=1S/C13H22N2O3/c1-8(2)12(17)14-9(3)13(18)15-7-5-6-11(15)10(4)16/h8-9,11H,5-7H2,1-4H3,(H,14,17)/t9-,11-/m0/s1. The van der Waals surface area contributed by atoms with Gasteiger partial charge in [-0.1, -0.05) is 13.8 Å². The molecule has 0 saturated carbocycles. The van der Waals surface area contributed by atoms with E-state index < -0.39 is 6.04 Å². The zero-order valence-corrected chi connectivity index (χ0v) is 11.5. The molecule has 2 atom stereocenters. The number of hydrogen-bond donors (Lipinski definition) is 1. The molecule has 0 aliphatic carbocycles. The second-order valence-corrected chi connectivity index (χ2v) is 5.19. The SMILES string of the molecule is CC(=O)[C@@H]1CCCN1C(=O)[C@H](C)NC(=O)C(C)C. The lowest BCUT2D eigenvalue weighted by molar-refractivity contribution is -0.140. The van der Waals surface area contributed by atoms with E-state index in [1.807, 2.05) is 0 Å². The van der Waals surface area contributed by atoms with E-state index in [0.717, 1.165) is 12.8 Å². The van der Waals surface area contributed by atoms with Gasteiger partial charge in [0.2, 0.25) is 11.8 Å². The first-order valence-corrected chi connectivity index (χ1v) is 6.46. The van der Waals surface area contributed by atoms with Crippen molar-refractivity contribution in [3.05, 3.63) is 0 Å². The molecule has 1 aliphatic rings. The van der Waals surface area contributed by atoms with Gasteiger partial charge in [0.25, 0.3) is 0 Å². The summed E-state index contributed by atoms with van der Waals surface area (Å²) in [6.45, 7) is 7.33. The van der Waals surface area contributed by atoms with E-state index in [4.69, 9.17) is 0 Å². The molecule has 0 aromatic rings. The van der Waals surface area contributed by atoms with Crippen molar-refractivity contribution in [1.82, 2.24) is 10.2 Å². The van der Waals surface area contributed by atoms with Crippen molar-refractivity contribution in [2.24, 2.45) is 5.92 Å². The molecule has 1 aliphatic heterocycles. The summed E-state index contributed by atoms with van der Waals surface area (Å²) in [6, 6.07) is -0.879. The van der Waals surface area contributed by atoms with E-state index in [1.165, 1.54) is 6.92 Å². The lowest BCUT2D eigenvalue weighted by atomic mass is 10.1. The molecule has 5 nitrogen and oxygen atoms in total. The van der Waals surface area contributed by atoms with Gasteiger partial charge in [0.15, 0.2) is 5.78 Å². The normalized spacial score (nSPS) is 20.9. The predicted molar refractivity (Wildman–Crippen MR) is 67.9 cm³/mol. The summed E-state index contributed by atoms with van der Waals surface area (Å²) in [6.07, 6.45) is 1.58. The minimum atomic E-state index is -0.570. The van der Waals surface area contributed by atoms with Crippen LogP contribution in [-0.2, 0) is 14.4 Å². The predicted octanol–water partition coefficient (Wildman–Crippen LogP) is 0.727. The van der Waals surface area contributed by atoms with Gasteiger partial charge in [-0.25, -0.2) is 0 Å². The summed E-state index contributed by atoms with van der Waals surface area (Å²) in [5, 5.41) is 2.67. The maximum absolute atomic E-state index is 12.2. The Bertz CT molecular complexity index is 352. The second kappa shape index (κ2) is 5.98. The van der Waals surface area contributed by atoms with Crippen molar-refractivity contribution in [1.29, 1.82) is 0 Å². The third kappa shape index (κ3) is 3.31. The van der Waals surface area contributed by atoms with Crippen LogP contribution in [0.1, 0.15) is 40.5 Å². The van der Waals surface area contributed by atoms with Crippen LogP contribution < -0.4 is 5.32 Å². The van der Waals surface area contributed by atoms with E-state index in [0.29, 0.717) is 6.54 Å². The quantitative estimate of drug-likeness (QED) is 0.804. The van der Waals surface area contributed by atoms with Crippen molar-refractivity contribution in [2.45, 2.75) is 52.6 Å². The largest absolute Gasteiger partial charge is 0.344 e. The van der Waals surface area contributed by atoms with Crippen LogP contribution in [0.2, 0.25) is 0 Å². The highest BCUT2D eigenvalue weighted by atomic mass is 16.2. The van der Waals surface area contributed by atoms with Gasteiger partial charge in [-0.05, 0) is 26.7 Å². The summed E-state index contributed by atoms with van der Waals surface area (Å²) in [4.78, 5) is 36.7. The van der Waals surface area contributed by atoms with Crippen molar-refractivity contribution in [3.63, 3.8) is 0 Å². The number of likely N-dealkylation sites (tertiary alicyclic amines) is 1. The molecular formula is C13H22N2O3. The molecule has 2 amide bonds. The highest BCUT2D eigenvalue weighted by Gasteiger charge is 2.34. The first-order chi connectivity index (χ1) is 8.34. The molecular weight excluding hydrogens is 232 g/mol. The van der Waals surface area contributed by atoms with Crippen LogP contribution in [0.3, 0.4) is 0 Å². The van der Waals surface area contributed by atoms with Crippen LogP contribution in [0.5, 0.6) is 0 Å². The van der Waals surface area contributed by atoms with Crippen molar-refractivity contribution < 1.29 is 14.4 Å². The van der Waals surface area contributed by atoms with Gasteiger partial charge in [0, 0.05) is 12.5 Å². The maximum Gasteiger partial charge on any atom is 0.245 e. The number of amides is 2. The maximum atomic E-state index is 12.2. The topological polar surface area (TPSA) is 66.5 Å². The lowest BCUT2D eigenvalue weighted by Crippen LogP contribution is -2.50. The molecule has 1 N–H and O–H groups in total. The van der Waals surface area contributed by atoms with E-state index in [2.05, 4.69) is 5.32 Å². The summed E-state index contributed by atoms with van der Waals surface area (Å²) >= 11 is 0. The van der Waals surface area contributed by atoms with Gasteiger partial charge in [-0.15, -0.1) is 0 Å². The zero-order chi connectivity index (χ0) is 13.9. The highest BCUT2D eigenvalue weighted by molar-refractivity contribution is 5.92. The van der Waals surface area contributed by atoms with Crippen LogP contribution in [0.4, 0.5) is 0 Å². The molecule has 0 aromatic heterocycles. The number of nitrogens with zero attached hydrogens (tertiary/aromatic N) is 1. The minimum Gasteiger partial charge on any atom is -0.344 e.